The second-order valence-corrected chi connectivity index (χ2v) is 7.44. The van der Waals surface area contributed by atoms with Crippen LogP contribution in [-0.4, -0.2) is 62.8 Å². The summed E-state index contributed by atoms with van der Waals surface area (Å²) in [5.41, 5.74) is 0.110. The number of guanidine groups is 1. The zero-order valence-electron chi connectivity index (χ0n) is 15.6. The largest absolute Gasteiger partial charge is 0.379 e. The number of ether oxygens (including phenoxy) is 1. The molecular weight excluding hydrogens is 276 g/mol. The molecule has 130 valence electrons. The first kappa shape index (κ1) is 19.2. The lowest BCUT2D eigenvalue weighted by Gasteiger charge is -2.30. The normalized spacial score (nSPS) is 19.2. The molecule has 1 aliphatic carbocycles. The van der Waals surface area contributed by atoms with Crippen LogP contribution in [0.3, 0.4) is 0 Å². The third-order valence-corrected chi connectivity index (χ3v) is 4.38. The van der Waals surface area contributed by atoms with Gasteiger partial charge in [0.2, 0.25) is 0 Å². The quantitative estimate of drug-likeness (QED) is 0.532. The van der Waals surface area contributed by atoms with Crippen LogP contribution in [0.15, 0.2) is 4.99 Å². The molecule has 1 fully saturated rings. The van der Waals surface area contributed by atoms with Gasteiger partial charge in [-0.15, -0.1) is 0 Å². The van der Waals surface area contributed by atoms with Crippen molar-refractivity contribution in [2.75, 3.05) is 33.8 Å². The van der Waals surface area contributed by atoms with E-state index in [1.807, 2.05) is 0 Å². The molecule has 0 aromatic heterocycles. The molecule has 0 aliphatic heterocycles. The van der Waals surface area contributed by atoms with Crippen LogP contribution in [0, 0.1) is 5.41 Å². The lowest BCUT2D eigenvalue weighted by atomic mass is 9.89. The number of aliphatic imine (C=N–C) groups is 1. The van der Waals surface area contributed by atoms with Gasteiger partial charge in [-0.25, -0.2) is 0 Å². The second kappa shape index (κ2) is 8.73. The average Bonchev–Trinajstić information content (AvgIpc) is 3.27. The fraction of sp³-hybridized carbons (Fsp3) is 0.941. The molecule has 0 saturated heterocycles. The molecule has 1 saturated carbocycles. The molecule has 0 heterocycles. The van der Waals surface area contributed by atoms with Crippen LogP contribution < -0.4 is 10.6 Å². The van der Waals surface area contributed by atoms with Crippen molar-refractivity contribution in [3.8, 4) is 0 Å². The predicted octanol–water partition coefficient (Wildman–Crippen LogP) is 2.09. The maximum Gasteiger partial charge on any atom is 0.191 e. The number of likely N-dealkylation sites (N-methyl/N-ethyl adjacent to an activating group) is 1. The highest BCUT2D eigenvalue weighted by Crippen LogP contribution is 2.26. The van der Waals surface area contributed by atoms with E-state index in [0.29, 0.717) is 6.04 Å². The SMILES string of the molecule is CCNC(=NCC(C)N(C)C1CC1)NCC(OC)C(C)(C)C. The maximum atomic E-state index is 5.59. The second-order valence-electron chi connectivity index (χ2n) is 7.44. The highest BCUT2D eigenvalue weighted by molar-refractivity contribution is 5.79. The fourth-order valence-corrected chi connectivity index (χ4v) is 2.47. The zero-order valence-corrected chi connectivity index (χ0v) is 15.6. The van der Waals surface area contributed by atoms with E-state index in [1.165, 1.54) is 12.8 Å². The first-order chi connectivity index (χ1) is 10.3. The van der Waals surface area contributed by atoms with Gasteiger partial charge < -0.3 is 15.4 Å². The van der Waals surface area contributed by atoms with E-state index in [9.17, 15) is 0 Å². The Bertz CT molecular complexity index is 347. The van der Waals surface area contributed by atoms with Gasteiger partial charge in [0, 0.05) is 32.3 Å². The number of hydrogen-bond donors (Lipinski definition) is 2. The Morgan fingerprint density at radius 1 is 1.32 bits per heavy atom. The highest BCUT2D eigenvalue weighted by Gasteiger charge is 2.29. The van der Waals surface area contributed by atoms with E-state index in [2.05, 4.69) is 57.2 Å². The Morgan fingerprint density at radius 2 is 1.95 bits per heavy atom. The molecule has 0 aromatic rings. The summed E-state index contributed by atoms with van der Waals surface area (Å²) in [6.45, 7) is 13.4. The van der Waals surface area contributed by atoms with Crippen molar-refractivity contribution in [2.24, 2.45) is 10.4 Å². The van der Waals surface area contributed by atoms with Crippen molar-refractivity contribution in [2.45, 2.75) is 65.6 Å². The summed E-state index contributed by atoms with van der Waals surface area (Å²) in [5.74, 6) is 0.879. The minimum atomic E-state index is 0.110. The van der Waals surface area contributed by atoms with Gasteiger partial charge >= 0.3 is 0 Å². The van der Waals surface area contributed by atoms with Crippen molar-refractivity contribution in [3.05, 3.63) is 0 Å². The number of methoxy groups -OCH3 is 1. The van der Waals surface area contributed by atoms with Crippen LogP contribution in [-0.2, 0) is 4.74 Å². The summed E-state index contributed by atoms with van der Waals surface area (Å²) in [6, 6.07) is 1.25. The molecule has 0 radical (unpaired) electrons. The standard InChI is InChI=1S/C17H36N4O/c1-8-18-16(20-12-15(22-7)17(3,4)5)19-11-13(2)21(6)14-9-10-14/h13-15H,8-12H2,1-7H3,(H2,18,19,20). The van der Waals surface area contributed by atoms with E-state index < -0.39 is 0 Å². The van der Waals surface area contributed by atoms with Gasteiger partial charge in [0.05, 0.1) is 12.6 Å². The van der Waals surface area contributed by atoms with Crippen molar-refractivity contribution in [1.29, 1.82) is 0 Å². The molecular formula is C17H36N4O. The fourth-order valence-electron chi connectivity index (χ4n) is 2.47. The molecule has 5 nitrogen and oxygen atoms in total. The average molecular weight is 313 g/mol. The maximum absolute atomic E-state index is 5.59. The topological polar surface area (TPSA) is 48.9 Å². The van der Waals surface area contributed by atoms with Crippen molar-refractivity contribution < 1.29 is 4.74 Å². The lowest BCUT2D eigenvalue weighted by Crippen LogP contribution is -2.46. The molecule has 2 N–H and O–H groups in total. The van der Waals surface area contributed by atoms with Crippen molar-refractivity contribution in [3.63, 3.8) is 0 Å². The molecule has 1 rings (SSSR count). The van der Waals surface area contributed by atoms with E-state index >= 15 is 0 Å². The molecule has 22 heavy (non-hydrogen) atoms. The molecule has 0 aromatic carbocycles. The monoisotopic (exact) mass is 312 g/mol. The molecule has 1 aliphatic rings. The molecule has 2 atom stereocenters. The van der Waals surface area contributed by atoms with Gasteiger partial charge in [-0.2, -0.15) is 0 Å². The van der Waals surface area contributed by atoms with Gasteiger partial charge in [0.15, 0.2) is 5.96 Å². The van der Waals surface area contributed by atoms with Crippen LogP contribution in [0.4, 0.5) is 0 Å². The molecule has 0 spiro atoms. The van der Waals surface area contributed by atoms with Crippen LogP contribution >= 0.6 is 0 Å². The van der Waals surface area contributed by atoms with Crippen LogP contribution in [0.1, 0.15) is 47.5 Å². The summed E-state index contributed by atoms with van der Waals surface area (Å²) in [7, 11) is 3.98. The Balaban J connectivity index is 2.50. The van der Waals surface area contributed by atoms with E-state index in [-0.39, 0.29) is 11.5 Å². The van der Waals surface area contributed by atoms with E-state index in [1.54, 1.807) is 7.11 Å². The summed E-state index contributed by atoms with van der Waals surface area (Å²) < 4.78 is 5.59. The first-order valence-electron chi connectivity index (χ1n) is 8.56. The molecule has 0 bridgehead atoms. The van der Waals surface area contributed by atoms with Crippen LogP contribution in [0.25, 0.3) is 0 Å². The van der Waals surface area contributed by atoms with E-state index in [4.69, 9.17) is 9.73 Å². The van der Waals surface area contributed by atoms with Gasteiger partial charge in [-0.05, 0) is 39.2 Å². The third-order valence-electron chi connectivity index (χ3n) is 4.38. The number of rotatable bonds is 8. The summed E-state index contributed by atoms with van der Waals surface area (Å²) >= 11 is 0. The van der Waals surface area contributed by atoms with Crippen LogP contribution in [0.5, 0.6) is 0 Å². The van der Waals surface area contributed by atoms with Crippen molar-refractivity contribution in [1.82, 2.24) is 15.5 Å². The Kier molecular flexibility index (Phi) is 7.63. The van der Waals surface area contributed by atoms with Gasteiger partial charge in [0.1, 0.15) is 0 Å². The lowest BCUT2D eigenvalue weighted by molar-refractivity contribution is 0.0205. The van der Waals surface area contributed by atoms with Crippen LogP contribution in [0.2, 0.25) is 0 Å². The Hall–Kier alpha value is -0.810. The summed E-state index contributed by atoms with van der Waals surface area (Å²) in [4.78, 5) is 7.17. The number of nitrogens with zero attached hydrogens (tertiary/aromatic N) is 2. The Labute approximate surface area is 136 Å². The molecule has 5 heteroatoms. The molecule has 0 amide bonds. The van der Waals surface area contributed by atoms with Crippen molar-refractivity contribution >= 4 is 5.96 Å². The first-order valence-corrected chi connectivity index (χ1v) is 8.56. The van der Waals surface area contributed by atoms with E-state index in [0.717, 1.165) is 31.6 Å². The highest BCUT2D eigenvalue weighted by atomic mass is 16.5. The van der Waals surface area contributed by atoms with Gasteiger partial charge in [0.25, 0.3) is 0 Å². The minimum absolute atomic E-state index is 0.110. The zero-order chi connectivity index (χ0) is 16.8. The third kappa shape index (κ3) is 6.53. The summed E-state index contributed by atoms with van der Waals surface area (Å²) in [6.07, 6.45) is 2.83. The molecule has 2 unspecified atom stereocenters. The smallest absolute Gasteiger partial charge is 0.191 e. The minimum Gasteiger partial charge on any atom is -0.379 e. The number of hydrogen-bond acceptors (Lipinski definition) is 3. The van der Waals surface area contributed by atoms with Gasteiger partial charge in [-0.3, -0.25) is 9.89 Å². The predicted molar refractivity (Wildman–Crippen MR) is 94.5 cm³/mol. The Morgan fingerprint density at radius 3 is 2.41 bits per heavy atom. The number of nitrogens with one attached hydrogen (secondary N) is 2. The summed E-state index contributed by atoms with van der Waals surface area (Å²) in [5, 5.41) is 6.73. The van der Waals surface area contributed by atoms with Gasteiger partial charge in [-0.1, -0.05) is 20.8 Å².